The Morgan fingerprint density at radius 2 is 1.80 bits per heavy atom. The van der Waals surface area contributed by atoms with Gasteiger partial charge in [0.15, 0.2) is 0 Å². The Balaban J connectivity index is 0.876. The number of H-pyrrole nitrogens is 1. The van der Waals surface area contributed by atoms with Crippen molar-refractivity contribution in [2.24, 2.45) is 17.3 Å². The molecule has 3 aromatic carbocycles. The molecule has 5 aromatic rings. The molecule has 3 saturated heterocycles. The minimum atomic E-state index is -4.60. The second-order valence-corrected chi connectivity index (χ2v) is 21.7. The number of pyridine rings is 1. The zero-order chi connectivity index (χ0) is 48.0. The van der Waals surface area contributed by atoms with E-state index in [0.29, 0.717) is 49.1 Å². The number of rotatable bonds is 13. The first-order chi connectivity index (χ1) is 33.2. The van der Waals surface area contributed by atoms with E-state index in [1.807, 2.05) is 41.3 Å². The van der Waals surface area contributed by atoms with Crippen LogP contribution in [0.2, 0.25) is 5.02 Å². The van der Waals surface area contributed by atoms with E-state index >= 15 is 0 Å². The number of piperidine rings is 1. The van der Waals surface area contributed by atoms with E-state index in [2.05, 4.69) is 61.0 Å². The van der Waals surface area contributed by atoms with Crippen LogP contribution in [0.3, 0.4) is 0 Å². The second-order valence-electron chi connectivity index (χ2n) is 19.6. The molecule has 19 heteroatoms. The van der Waals surface area contributed by atoms with Gasteiger partial charge in [0.05, 0.1) is 27.6 Å². The Morgan fingerprint density at radius 1 is 0.986 bits per heavy atom. The van der Waals surface area contributed by atoms with Gasteiger partial charge < -0.3 is 35.1 Å². The van der Waals surface area contributed by atoms with Crippen molar-refractivity contribution in [1.82, 2.24) is 29.8 Å². The van der Waals surface area contributed by atoms with Crippen LogP contribution in [0.5, 0.6) is 5.88 Å². The number of aromatic nitrogens is 2. The van der Waals surface area contributed by atoms with Crippen molar-refractivity contribution in [2.45, 2.75) is 44.4 Å². The molecular weight excluding hydrogens is 920 g/mol. The van der Waals surface area contributed by atoms with Crippen LogP contribution in [-0.4, -0.2) is 124 Å². The molecule has 4 N–H and O–H groups in total. The summed E-state index contributed by atoms with van der Waals surface area (Å²) in [4.78, 5) is 54.5. The molecule has 2 amide bonds. The van der Waals surface area contributed by atoms with Crippen LogP contribution in [0.4, 0.5) is 28.4 Å². The molecule has 1 aliphatic carbocycles. The lowest BCUT2D eigenvalue weighted by Gasteiger charge is -2.39. The van der Waals surface area contributed by atoms with Crippen molar-refractivity contribution < 1.29 is 27.7 Å². The van der Waals surface area contributed by atoms with Crippen molar-refractivity contribution in [2.75, 3.05) is 93.7 Å². The van der Waals surface area contributed by atoms with Gasteiger partial charge in [0.25, 0.3) is 21.6 Å². The molecule has 10 rings (SSSR count). The SMILES string of the molecule is CC1(C)CCC(CN2CCN(c3ccc(C(=O)NS(=O)(=O)c4ccc(NCCN5CCC6C(=O)NCC6C5)c([N+](=O)[O-])c4)c(N4CCOc5nc6[nH]ccc6cc54)c3)CC2)=C(c2ccc(Cl)cc2)C1. The smallest absolute Gasteiger partial charge is 0.293 e. The van der Waals surface area contributed by atoms with Crippen LogP contribution in [0.25, 0.3) is 16.6 Å². The van der Waals surface area contributed by atoms with E-state index in [4.69, 9.17) is 21.3 Å². The highest BCUT2D eigenvalue weighted by Gasteiger charge is 2.39. The fraction of sp³-hybridized carbons (Fsp3) is 0.420. The van der Waals surface area contributed by atoms with Crippen LogP contribution < -0.4 is 29.9 Å². The number of carbonyl (C=O) groups excluding carboxylic acids is 2. The van der Waals surface area contributed by atoms with E-state index in [0.717, 1.165) is 93.7 Å². The third-order valence-corrected chi connectivity index (χ3v) is 16.1. The van der Waals surface area contributed by atoms with Crippen molar-refractivity contribution in [3.8, 4) is 5.88 Å². The third kappa shape index (κ3) is 9.84. The van der Waals surface area contributed by atoms with Gasteiger partial charge in [0.1, 0.15) is 23.6 Å². The summed E-state index contributed by atoms with van der Waals surface area (Å²) in [5, 5.41) is 19.9. The summed E-state index contributed by atoms with van der Waals surface area (Å²) in [6.07, 6.45) is 5.74. The monoisotopic (exact) mass is 976 g/mol. The number of anilines is 4. The largest absolute Gasteiger partial charge is 0.474 e. The summed E-state index contributed by atoms with van der Waals surface area (Å²) in [6.45, 7) is 12.4. The lowest BCUT2D eigenvalue weighted by Crippen LogP contribution is -2.47. The molecule has 4 aliphatic heterocycles. The first-order valence-electron chi connectivity index (χ1n) is 23.7. The Hall–Kier alpha value is -6.21. The number of aromatic amines is 1. The number of nitro groups is 1. The van der Waals surface area contributed by atoms with Gasteiger partial charge in [-0.25, -0.2) is 13.1 Å². The van der Waals surface area contributed by atoms with Gasteiger partial charge in [-0.2, -0.15) is 4.98 Å². The molecular formula is C50H57ClN10O7S. The van der Waals surface area contributed by atoms with E-state index in [-0.39, 0.29) is 41.0 Å². The van der Waals surface area contributed by atoms with Crippen LogP contribution in [0, 0.1) is 27.4 Å². The van der Waals surface area contributed by atoms with Crippen molar-refractivity contribution in [3.63, 3.8) is 0 Å². The van der Waals surface area contributed by atoms with Gasteiger partial charge in [-0.15, -0.1) is 0 Å². The number of hydrogen-bond acceptors (Lipinski definition) is 13. The Bertz CT molecular complexity index is 2950. The highest BCUT2D eigenvalue weighted by Crippen LogP contribution is 2.44. The minimum Gasteiger partial charge on any atom is -0.474 e. The van der Waals surface area contributed by atoms with E-state index < -0.39 is 31.4 Å². The number of allylic oxidation sites excluding steroid dienone is 1. The van der Waals surface area contributed by atoms with Crippen molar-refractivity contribution in [3.05, 3.63) is 111 Å². The maximum Gasteiger partial charge on any atom is 0.293 e. The zero-order valence-corrected chi connectivity index (χ0v) is 40.4. The van der Waals surface area contributed by atoms with Crippen LogP contribution >= 0.6 is 11.6 Å². The summed E-state index contributed by atoms with van der Waals surface area (Å²) in [5.41, 5.74) is 6.77. The Morgan fingerprint density at radius 3 is 2.59 bits per heavy atom. The highest BCUT2D eigenvalue weighted by atomic mass is 35.5. The number of ether oxygens (including phenoxy) is 1. The van der Waals surface area contributed by atoms with Gasteiger partial charge in [-0.05, 0) is 103 Å². The van der Waals surface area contributed by atoms with Gasteiger partial charge in [0, 0.05) is 99.1 Å². The number of carbonyl (C=O) groups is 2. The fourth-order valence-electron chi connectivity index (χ4n) is 10.7. The molecule has 0 saturated carbocycles. The molecule has 0 bridgehead atoms. The number of nitrogens with one attached hydrogen (secondary N) is 4. The predicted octanol–water partition coefficient (Wildman–Crippen LogP) is 7.04. The maximum atomic E-state index is 14.4. The molecule has 17 nitrogen and oxygen atoms in total. The summed E-state index contributed by atoms with van der Waals surface area (Å²) in [5.74, 6) is -0.132. The maximum absolute atomic E-state index is 14.4. The quantitative estimate of drug-likeness (QED) is 0.0693. The second kappa shape index (κ2) is 18.9. The molecule has 0 spiro atoms. The van der Waals surface area contributed by atoms with E-state index in [1.165, 1.54) is 28.8 Å². The van der Waals surface area contributed by atoms with Gasteiger partial charge >= 0.3 is 0 Å². The number of fused-ring (bicyclic) bond motifs is 3. The Kier molecular flexibility index (Phi) is 12.8. The Labute approximate surface area is 406 Å². The number of amides is 2. The van der Waals surface area contributed by atoms with E-state index in [1.54, 1.807) is 12.3 Å². The van der Waals surface area contributed by atoms with Gasteiger partial charge in [0.2, 0.25) is 11.8 Å². The normalized spacial score (nSPS) is 20.8. The van der Waals surface area contributed by atoms with E-state index in [9.17, 15) is 28.1 Å². The fourth-order valence-corrected chi connectivity index (χ4v) is 11.8. The molecule has 69 heavy (non-hydrogen) atoms. The zero-order valence-electron chi connectivity index (χ0n) is 38.8. The number of halogens is 1. The number of sulfonamides is 1. The number of hydrogen-bond donors (Lipinski definition) is 4. The van der Waals surface area contributed by atoms with Crippen LogP contribution in [-0.2, 0) is 14.8 Å². The molecule has 0 radical (unpaired) electrons. The number of benzene rings is 3. The number of piperazine rings is 1. The van der Waals surface area contributed by atoms with Gasteiger partial charge in [-0.1, -0.05) is 43.2 Å². The lowest BCUT2D eigenvalue weighted by molar-refractivity contribution is -0.384. The first kappa shape index (κ1) is 46.5. The highest BCUT2D eigenvalue weighted by molar-refractivity contribution is 7.90. The average molecular weight is 978 g/mol. The topological polar surface area (TPSA) is 198 Å². The minimum absolute atomic E-state index is 0.0341. The summed E-state index contributed by atoms with van der Waals surface area (Å²) >= 11 is 6.27. The summed E-state index contributed by atoms with van der Waals surface area (Å²) in [7, 11) is -4.60. The molecule has 362 valence electrons. The molecule has 3 fully saturated rings. The van der Waals surface area contributed by atoms with Gasteiger partial charge in [-0.3, -0.25) is 24.6 Å². The molecule has 2 aromatic heterocycles. The predicted molar refractivity (Wildman–Crippen MR) is 267 cm³/mol. The van der Waals surface area contributed by atoms with Crippen LogP contribution in [0.15, 0.2) is 89.5 Å². The van der Waals surface area contributed by atoms with Crippen molar-refractivity contribution in [1.29, 1.82) is 0 Å². The third-order valence-electron chi connectivity index (χ3n) is 14.5. The van der Waals surface area contributed by atoms with Crippen LogP contribution in [0.1, 0.15) is 55.5 Å². The molecule has 2 unspecified atom stereocenters. The first-order valence-corrected chi connectivity index (χ1v) is 25.6. The lowest BCUT2D eigenvalue weighted by atomic mass is 9.72. The number of nitrogens with zero attached hydrogens (tertiary/aromatic N) is 6. The molecule has 5 aliphatic rings. The summed E-state index contributed by atoms with van der Waals surface area (Å²) < 4.78 is 36.2. The summed E-state index contributed by atoms with van der Waals surface area (Å²) in [6, 6.07) is 21.0. The standard InChI is InChI=1S/C50H57ClN10O7S/c1-50(2)14-11-34(41(28-50)32-3-5-36(51)6-4-32)30-58-19-21-59(22-20-58)37-7-9-40(43(26-37)60-23-24-68-49-45(60)25-33-12-15-53-46(33)55-49)48(63)56-69(66,67)38-8-10-42(44(27-38)61(64)65)52-16-18-57-17-13-39-35(31-57)29-54-47(39)62/h3-10,12,15,25-27,35,39,52H,11,13-14,16-24,28-31H2,1-2H3,(H,53,55)(H,54,62)(H,56,63). The average Bonchev–Trinajstić information content (AvgIpc) is 3.96. The number of nitro benzene ring substituents is 1. The molecule has 6 heterocycles. The van der Waals surface area contributed by atoms with Crippen molar-refractivity contribution >= 4 is 78.5 Å². The number of likely N-dealkylation sites (tertiary alicyclic amines) is 1. The molecule has 2 atom stereocenters.